The van der Waals surface area contributed by atoms with Crippen molar-refractivity contribution in [2.24, 2.45) is 23.7 Å². The minimum atomic E-state index is 0. The van der Waals surface area contributed by atoms with Crippen molar-refractivity contribution in [1.29, 1.82) is 0 Å². The van der Waals surface area contributed by atoms with E-state index in [-0.39, 0.29) is 55.9 Å². The average molecular weight is 532 g/mol. The van der Waals surface area contributed by atoms with Gasteiger partial charge in [-0.15, -0.1) is 0 Å². The monoisotopic (exact) mass is 530 g/mol. The SMILES string of the molecule is C1CCCC1.CC.CC.CC.CC.CC1=C(C)[C@H](C)C2C1=C(C)C(C)[C@H]2C.[CH3-].[CH3-].[CH3-].[CH3-].[Zr+4]. The Kier molecular flexibility index (Phi) is 56.2. The van der Waals surface area contributed by atoms with Gasteiger partial charge in [0.1, 0.15) is 0 Å². The summed E-state index contributed by atoms with van der Waals surface area (Å²) in [5.74, 6) is 3.23. The van der Waals surface area contributed by atoms with E-state index in [2.05, 4.69) is 41.5 Å². The first kappa shape index (κ1) is 53.6. The topological polar surface area (TPSA) is 0 Å². The molecule has 0 radical (unpaired) electrons. The normalized spacial score (nSPS) is 23.1. The third-order valence-corrected chi connectivity index (χ3v) is 6.26. The second-order valence-electron chi connectivity index (χ2n) is 7.13. The van der Waals surface area contributed by atoms with Gasteiger partial charge in [0.05, 0.1) is 0 Å². The summed E-state index contributed by atoms with van der Waals surface area (Å²) in [6, 6.07) is 0. The molecule has 0 aliphatic heterocycles. The Morgan fingerprint density at radius 1 is 0.500 bits per heavy atom. The van der Waals surface area contributed by atoms with Crippen LogP contribution in [0.5, 0.6) is 0 Å². The maximum Gasteiger partial charge on any atom is 4.00 e. The fourth-order valence-electron chi connectivity index (χ4n) is 4.43. The van der Waals surface area contributed by atoms with E-state index >= 15 is 0 Å². The van der Waals surface area contributed by atoms with Gasteiger partial charge < -0.3 is 29.7 Å². The van der Waals surface area contributed by atoms with Crippen LogP contribution in [0.2, 0.25) is 0 Å². The van der Waals surface area contributed by atoms with Crippen LogP contribution in [-0.2, 0) is 26.2 Å². The second-order valence-corrected chi connectivity index (χ2v) is 7.13. The van der Waals surface area contributed by atoms with Crippen LogP contribution in [0, 0.1) is 53.4 Å². The smallest absolute Gasteiger partial charge is 0.358 e. The Bertz CT molecular complexity index is 391. The molecule has 32 heavy (non-hydrogen) atoms. The predicted molar refractivity (Wildman–Crippen MR) is 156 cm³/mol. The molecule has 3 aliphatic carbocycles. The summed E-state index contributed by atoms with van der Waals surface area (Å²) >= 11 is 0. The molecular formula is C31H68Zr. The zero-order valence-electron chi connectivity index (χ0n) is 26.3. The zero-order valence-corrected chi connectivity index (χ0v) is 28.8. The van der Waals surface area contributed by atoms with Crippen molar-refractivity contribution >= 4 is 0 Å². The van der Waals surface area contributed by atoms with E-state index in [4.69, 9.17) is 0 Å². The predicted octanol–water partition coefficient (Wildman–Crippen LogP) is 12.0. The Labute approximate surface area is 230 Å². The fraction of sp³-hybridized carbons (Fsp3) is 0.742. The van der Waals surface area contributed by atoms with Gasteiger partial charge in [-0.1, -0.05) is 119 Å². The minimum absolute atomic E-state index is 0. The minimum Gasteiger partial charge on any atom is -0.358 e. The van der Waals surface area contributed by atoms with Crippen molar-refractivity contribution in [3.05, 3.63) is 52.0 Å². The molecule has 0 saturated heterocycles. The zero-order chi connectivity index (χ0) is 22.2. The van der Waals surface area contributed by atoms with Crippen LogP contribution in [0.15, 0.2) is 22.3 Å². The van der Waals surface area contributed by atoms with E-state index in [9.17, 15) is 0 Å². The van der Waals surface area contributed by atoms with Gasteiger partial charge in [-0.2, -0.15) is 0 Å². The molecule has 1 heteroatoms. The quantitative estimate of drug-likeness (QED) is 0.273. The molecule has 196 valence electrons. The number of fused-ring (bicyclic) bond motifs is 1. The van der Waals surface area contributed by atoms with E-state index in [1.165, 1.54) is 32.1 Å². The first-order valence-electron chi connectivity index (χ1n) is 12.3. The van der Waals surface area contributed by atoms with Crippen molar-refractivity contribution in [2.45, 2.75) is 129 Å². The summed E-state index contributed by atoms with van der Waals surface area (Å²) in [6.45, 7) is 30.2. The maximum atomic E-state index is 2.42. The summed E-state index contributed by atoms with van der Waals surface area (Å²) in [7, 11) is 0. The van der Waals surface area contributed by atoms with Gasteiger partial charge in [-0.05, 0) is 55.6 Å². The van der Waals surface area contributed by atoms with Crippen LogP contribution in [0.3, 0.4) is 0 Å². The molecule has 0 nitrogen and oxygen atoms in total. The molecule has 0 aromatic carbocycles. The molecule has 1 saturated carbocycles. The van der Waals surface area contributed by atoms with Gasteiger partial charge in [0.2, 0.25) is 0 Å². The van der Waals surface area contributed by atoms with Gasteiger partial charge >= 0.3 is 26.2 Å². The number of allylic oxidation sites excluding steroid dienone is 4. The van der Waals surface area contributed by atoms with E-state index in [0.29, 0.717) is 0 Å². The third kappa shape index (κ3) is 15.3. The van der Waals surface area contributed by atoms with Gasteiger partial charge in [0.15, 0.2) is 0 Å². The summed E-state index contributed by atoms with van der Waals surface area (Å²) in [5.41, 5.74) is 6.58. The van der Waals surface area contributed by atoms with Crippen LogP contribution >= 0.6 is 0 Å². The molecule has 3 aliphatic rings. The Hall–Kier alpha value is 0.363. The van der Waals surface area contributed by atoms with Gasteiger partial charge in [0.25, 0.3) is 0 Å². The van der Waals surface area contributed by atoms with Crippen LogP contribution in [0.25, 0.3) is 0 Å². The molecule has 0 spiro atoms. The number of hydrogen-bond acceptors (Lipinski definition) is 0. The molecule has 0 aromatic heterocycles. The molecule has 0 bridgehead atoms. The fourth-order valence-corrected chi connectivity index (χ4v) is 4.43. The molecule has 1 fully saturated rings. The van der Waals surface area contributed by atoms with Gasteiger partial charge in [0, 0.05) is 0 Å². The molecule has 0 heterocycles. The molecular weight excluding hydrogens is 464 g/mol. The second kappa shape index (κ2) is 33.5. The van der Waals surface area contributed by atoms with E-state index < -0.39 is 0 Å². The van der Waals surface area contributed by atoms with Crippen LogP contribution in [-0.4, -0.2) is 0 Å². The molecule has 4 atom stereocenters. The standard InChI is InChI=1S/C14H22.C5H10.4C2H6.4CH3.Zr/c1-7-9(3)13-11(5)8(2)12(6)14(13)10(7)4;1-2-4-5-3-1;4*1-2;;;;;/h7,9,11,13H,1-6H3;1-5H2;4*1-2H3;4*1H3;/q;;;;;;4*-1;+4/t7?,9-,11+,13?;;;;;;;;;;/m1........../s1. The Morgan fingerprint density at radius 3 is 1.03 bits per heavy atom. The molecule has 2 unspecified atom stereocenters. The first-order valence-corrected chi connectivity index (χ1v) is 12.3. The third-order valence-electron chi connectivity index (χ3n) is 6.26. The largest absolute Gasteiger partial charge is 4.00 e. The first-order chi connectivity index (χ1) is 13.0. The van der Waals surface area contributed by atoms with Crippen molar-refractivity contribution in [3.63, 3.8) is 0 Å². The number of rotatable bonds is 0. The average Bonchev–Trinajstić information content (AvgIpc) is 3.45. The maximum absolute atomic E-state index is 2.42. The number of hydrogen-bond donors (Lipinski definition) is 0. The van der Waals surface area contributed by atoms with Crippen LogP contribution in [0.1, 0.15) is 129 Å². The molecule has 0 N–H and O–H groups in total. The Balaban J connectivity index is -0.0000000461. The van der Waals surface area contributed by atoms with E-state index in [1.807, 2.05) is 55.4 Å². The Morgan fingerprint density at radius 2 is 0.781 bits per heavy atom. The summed E-state index contributed by atoms with van der Waals surface area (Å²) < 4.78 is 0. The van der Waals surface area contributed by atoms with Crippen LogP contribution in [0.4, 0.5) is 0 Å². The van der Waals surface area contributed by atoms with Gasteiger partial charge in [-0.3, -0.25) is 0 Å². The van der Waals surface area contributed by atoms with Gasteiger partial charge in [-0.25, -0.2) is 0 Å². The molecule has 0 amide bonds. The van der Waals surface area contributed by atoms with E-state index in [0.717, 1.165) is 23.7 Å². The van der Waals surface area contributed by atoms with Crippen molar-refractivity contribution < 1.29 is 26.2 Å². The summed E-state index contributed by atoms with van der Waals surface area (Å²) in [5, 5.41) is 0. The van der Waals surface area contributed by atoms with E-state index in [1.54, 1.807) is 22.3 Å². The van der Waals surface area contributed by atoms with Crippen molar-refractivity contribution in [3.8, 4) is 0 Å². The van der Waals surface area contributed by atoms with Crippen molar-refractivity contribution in [1.82, 2.24) is 0 Å². The molecule has 0 aromatic rings. The molecule has 3 rings (SSSR count). The van der Waals surface area contributed by atoms with Crippen LogP contribution < -0.4 is 0 Å². The van der Waals surface area contributed by atoms with Crippen molar-refractivity contribution in [2.75, 3.05) is 0 Å². The summed E-state index contributed by atoms with van der Waals surface area (Å²) in [4.78, 5) is 0. The summed E-state index contributed by atoms with van der Waals surface area (Å²) in [6.07, 6.45) is 7.50.